The van der Waals surface area contributed by atoms with Crippen molar-refractivity contribution >= 4 is 15.9 Å². The minimum absolute atomic E-state index is 0.197. The minimum atomic E-state index is 0.197. The second-order valence-corrected chi connectivity index (χ2v) is 7.34. The predicted octanol–water partition coefficient (Wildman–Crippen LogP) is 2.78. The lowest BCUT2D eigenvalue weighted by atomic mass is 9.96. The molecule has 0 amide bonds. The molecule has 3 nitrogen and oxygen atoms in total. The summed E-state index contributed by atoms with van der Waals surface area (Å²) in [6, 6.07) is 6.85. The van der Waals surface area contributed by atoms with E-state index in [0.717, 1.165) is 19.6 Å². The lowest BCUT2D eigenvalue weighted by Crippen LogP contribution is -2.58. The van der Waals surface area contributed by atoms with E-state index in [9.17, 15) is 0 Å². The standard InChI is InChI=1S/C16H26BrN3/c1-12-5-6-13(14(17)9-12)15(10-18)20-8-7-19(4)16(2,3)11-20/h5-6,9,15H,7-8,10-11,18H2,1-4H3. The molecule has 112 valence electrons. The number of nitrogens with two attached hydrogens (primary N) is 1. The van der Waals surface area contributed by atoms with Crippen LogP contribution in [-0.4, -0.2) is 48.6 Å². The summed E-state index contributed by atoms with van der Waals surface area (Å²) in [5.41, 5.74) is 8.86. The van der Waals surface area contributed by atoms with Gasteiger partial charge in [0.1, 0.15) is 0 Å². The van der Waals surface area contributed by atoms with E-state index >= 15 is 0 Å². The molecule has 1 saturated heterocycles. The molecule has 1 unspecified atom stereocenters. The lowest BCUT2D eigenvalue weighted by molar-refractivity contribution is 0.0179. The van der Waals surface area contributed by atoms with Gasteiger partial charge in [0.15, 0.2) is 0 Å². The van der Waals surface area contributed by atoms with Crippen LogP contribution in [-0.2, 0) is 0 Å². The summed E-state index contributed by atoms with van der Waals surface area (Å²) in [7, 11) is 2.20. The Labute approximate surface area is 131 Å². The molecule has 0 bridgehead atoms. The number of benzene rings is 1. The van der Waals surface area contributed by atoms with Gasteiger partial charge >= 0.3 is 0 Å². The molecule has 1 aromatic rings. The van der Waals surface area contributed by atoms with Crippen LogP contribution in [0.5, 0.6) is 0 Å². The van der Waals surface area contributed by atoms with Gasteiger partial charge in [-0.1, -0.05) is 28.1 Å². The first-order valence-corrected chi connectivity index (χ1v) is 8.06. The number of nitrogens with zero attached hydrogens (tertiary/aromatic N) is 2. The van der Waals surface area contributed by atoms with Crippen molar-refractivity contribution in [2.75, 3.05) is 33.2 Å². The molecule has 1 heterocycles. The van der Waals surface area contributed by atoms with E-state index in [2.05, 4.69) is 71.7 Å². The zero-order valence-corrected chi connectivity index (χ0v) is 14.6. The van der Waals surface area contributed by atoms with Gasteiger partial charge in [0, 0.05) is 42.2 Å². The molecule has 2 N–H and O–H groups in total. The Morgan fingerprint density at radius 3 is 2.60 bits per heavy atom. The molecule has 1 aliphatic heterocycles. The first kappa shape index (κ1) is 16.0. The lowest BCUT2D eigenvalue weighted by Gasteiger charge is -2.48. The molecule has 0 spiro atoms. The largest absolute Gasteiger partial charge is 0.329 e. The highest BCUT2D eigenvalue weighted by Crippen LogP contribution is 2.31. The molecule has 1 atom stereocenters. The van der Waals surface area contributed by atoms with E-state index in [1.165, 1.54) is 15.6 Å². The first-order valence-electron chi connectivity index (χ1n) is 7.26. The molecule has 20 heavy (non-hydrogen) atoms. The fourth-order valence-corrected chi connectivity index (χ4v) is 3.68. The monoisotopic (exact) mass is 339 g/mol. The summed E-state index contributed by atoms with van der Waals surface area (Å²) in [5.74, 6) is 0. The third kappa shape index (κ3) is 3.25. The van der Waals surface area contributed by atoms with E-state index in [1.54, 1.807) is 0 Å². The molecule has 0 radical (unpaired) electrons. The molecular weight excluding hydrogens is 314 g/mol. The van der Waals surface area contributed by atoms with E-state index in [0.29, 0.717) is 6.54 Å². The first-order chi connectivity index (χ1) is 9.35. The molecular formula is C16H26BrN3. The number of halogens is 1. The van der Waals surface area contributed by atoms with Crippen LogP contribution in [0.3, 0.4) is 0 Å². The average molecular weight is 340 g/mol. The summed E-state index contributed by atoms with van der Waals surface area (Å²) in [6.07, 6.45) is 0. The normalized spacial score (nSPS) is 21.9. The Kier molecular flexibility index (Phi) is 4.90. The van der Waals surface area contributed by atoms with E-state index in [-0.39, 0.29) is 11.6 Å². The maximum absolute atomic E-state index is 6.09. The highest BCUT2D eigenvalue weighted by atomic mass is 79.9. The zero-order valence-electron chi connectivity index (χ0n) is 13.0. The fourth-order valence-electron chi connectivity index (χ4n) is 2.92. The predicted molar refractivity (Wildman–Crippen MR) is 89.0 cm³/mol. The van der Waals surface area contributed by atoms with Crippen molar-refractivity contribution in [2.45, 2.75) is 32.4 Å². The van der Waals surface area contributed by atoms with Gasteiger partial charge in [-0.3, -0.25) is 9.80 Å². The van der Waals surface area contributed by atoms with Crippen LogP contribution >= 0.6 is 15.9 Å². The topological polar surface area (TPSA) is 32.5 Å². The van der Waals surface area contributed by atoms with Crippen molar-refractivity contribution in [3.8, 4) is 0 Å². The highest BCUT2D eigenvalue weighted by Gasteiger charge is 2.34. The van der Waals surface area contributed by atoms with Gasteiger partial charge in [0.2, 0.25) is 0 Å². The Hall–Kier alpha value is -0.420. The SMILES string of the molecule is Cc1ccc(C(CN)N2CCN(C)C(C)(C)C2)c(Br)c1. The van der Waals surface area contributed by atoms with Crippen molar-refractivity contribution in [3.05, 3.63) is 33.8 Å². The van der Waals surface area contributed by atoms with Gasteiger partial charge in [0.05, 0.1) is 0 Å². The molecule has 0 aromatic heterocycles. The molecule has 2 rings (SSSR count). The van der Waals surface area contributed by atoms with E-state index in [1.807, 2.05) is 0 Å². The van der Waals surface area contributed by atoms with E-state index in [4.69, 9.17) is 5.73 Å². The van der Waals surface area contributed by atoms with Crippen LogP contribution in [0.1, 0.15) is 31.0 Å². The van der Waals surface area contributed by atoms with Crippen molar-refractivity contribution in [3.63, 3.8) is 0 Å². The molecule has 0 saturated carbocycles. The van der Waals surface area contributed by atoms with Crippen molar-refractivity contribution in [2.24, 2.45) is 5.73 Å². The second-order valence-electron chi connectivity index (χ2n) is 6.48. The average Bonchev–Trinajstić information content (AvgIpc) is 2.36. The third-order valence-corrected chi connectivity index (χ3v) is 5.21. The summed E-state index contributed by atoms with van der Waals surface area (Å²) < 4.78 is 1.17. The highest BCUT2D eigenvalue weighted by molar-refractivity contribution is 9.10. The number of aryl methyl sites for hydroxylation is 1. The number of likely N-dealkylation sites (N-methyl/N-ethyl adjacent to an activating group) is 1. The molecule has 4 heteroatoms. The minimum Gasteiger partial charge on any atom is -0.329 e. The van der Waals surface area contributed by atoms with E-state index < -0.39 is 0 Å². The van der Waals surface area contributed by atoms with Crippen molar-refractivity contribution < 1.29 is 0 Å². The van der Waals surface area contributed by atoms with Crippen LogP contribution in [0.2, 0.25) is 0 Å². The van der Waals surface area contributed by atoms with Gasteiger partial charge in [-0.25, -0.2) is 0 Å². The Bertz CT molecular complexity index is 473. The third-order valence-electron chi connectivity index (χ3n) is 4.52. The second kappa shape index (κ2) is 6.14. The van der Waals surface area contributed by atoms with Gasteiger partial charge in [-0.2, -0.15) is 0 Å². The maximum atomic E-state index is 6.09. The number of hydrogen-bond donors (Lipinski definition) is 1. The zero-order chi connectivity index (χ0) is 14.9. The van der Waals surface area contributed by atoms with Crippen LogP contribution in [0, 0.1) is 6.92 Å². The van der Waals surface area contributed by atoms with Gasteiger partial charge < -0.3 is 5.73 Å². The molecule has 1 aromatic carbocycles. The molecule has 1 aliphatic rings. The van der Waals surface area contributed by atoms with Crippen LogP contribution in [0.15, 0.2) is 22.7 Å². The summed E-state index contributed by atoms with van der Waals surface area (Å²) in [5, 5.41) is 0. The Balaban J connectivity index is 2.24. The maximum Gasteiger partial charge on any atom is 0.0482 e. The number of hydrogen-bond acceptors (Lipinski definition) is 3. The quantitative estimate of drug-likeness (QED) is 0.918. The van der Waals surface area contributed by atoms with Crippen molar-refractivity contribution in [1.29, 1.82) is 0 Å². The van der Waals surface area contributed by atoms with Crippen molar-refractivity contribution in [1.82, 2.24) is 9.80 Å². The molecule has 1 fully saturated rings. The van der Waals surface area contributed by atoms with Gasteiger partial charge in [-0.05, 0) is 45.0 Å². The smallest absolute Gasteiger partial charge is 0.0482 e. The van der Waals surface area contributed by atoms with Crippen LogP contribution in [0.4, 0.5) is 0 Å². The Morgan fingerprint density at radius 2 is 2.05 bits per heavy atom. The summed E-state index contributed by atoms with van der Waals surface area (Å²) >= 11 is 3.70. The van der Waals surface area contributed by atoms with Gasteiger partial charge in [0.25, 0.3) is 0 Å². The van der Waals surface area contributed by atoms with Gasteiger partial charge in [-0.15, -0.1) is 0 Å². The summed E-state index contributed by atoms with van der Waals surface area (Å²) in [4.78, 5) is 4.96. The van der Waals surface area contributed by atoms with Crippen LogP contribution < -0.4 is 5.73 Å². The fraction of sp³-hybridized carbons (Fsp3) is 0.625. The number of piperazine rings is 1. The summed E-state index contributed by atoms with van der Waals surface area (Å²) in [6.45, 7) is 10.6. The van der Waals surface area contributed by atoms with Crippen LogP contribution in [0.25, 0.3) is 0 Å². The Morgan fingerprint density at radius 1 is 1.35 bits per heavy atom. The number of rotatable bonds is 3. The molecule has 0 aliphatic carbocycles.